The van der Waals surface area contributed by atoms with E-state index in [0.717, 1.165) is 0 Å². The Kier molecular flexibility index (Phi) is 6.31. The third-order valence-corrected chi connectivity index (χ3v) is 3.83. The summed E-state index contributed by atoms with van der Waals surface area (Å²) in [5, 5.41) is 3.16. The minimum atomic E-state index is -3.18. The molecule has 0 aliphatic rings. The molecular weight excluding hydrogens is 225 g/mol. The van der Waals surface area contributed by atoms with Crippen LogP contribution in [0.2, 0.25) is 0 Å². The Hall–Kier alpha value is -0.310. The highest BCUT2D eigenvalue weighted by Crippen LogP contribution is 2.55. The van der Waals surface area contributed by atoms with E-state index in [1.165, 1.54) is 0 Å². The molecule has 0 heterocycles. The third-order valence-electron chi connectivity index (χ3n) is 1.67. The van der Waals surface area contributed by atoms with Gasteiger partial charge in [0.1, 0.15) is 5.44 Å². The lowest BCUT2D eigenvalue weighted by atomic mass is 10.1. The van der Waals surface area contributed by atoms with E-state index in [0.29, 0.717) is 18.7 Å². The van der Waals surface area contributed by atoms with Gasteiger partial charge in [-0.05, 0) is 41.5 Å². The summed E-state index contributed by atoms with van der Waals surface area (Å²) in [5.74, 6) is 0. The Labute approximate surface area is 98.9 Å². The number of nitrogens with one attached hydrogen (secondary N) is 1. The molecule has 0 amide bonds. The van der Waals surface area contributed by atoms with Crippen molar-refractivity contribution in [2.24, 2.45) is 0 Å². The van der Waals surface area contributed by atoms with Crippen molar-refractivity contribution >= 4 is 7.60 Å². The zero-order valence-corrected chi connectivity index (χ0v) is 12.1. The normalized spacial score (nSPS) is 14.0. The van der Waals surface area contributed by atoms with E-state index in [-0.39, 0.29) is 5.54 Å². The SMILES string of the molecule is CC=C(NC(C)(C)C)P(=O)(OCC)OCC. The minimum absolute atomic E-state index is 0.175. The van der Waals surface area contributed by atoms with Gasteiger partial charge in [0.25, 0.3) is 0 Å². The molecule has 0 aromatic rings. The Morgan fingerprint density at radius 2 is 1.69 bits per heavy atom. The highest BCUT2D eigenvalue weighted by atomic mass is 31.2. The summed E-state index contributed by atoms with van der Waals surface area (Å²) in [6.07, 6.45) is 1.75. The van der Waals surface area contributed by atoms with Gasteiger partial charge in [0.2, 0.25) is 0 Å². The van der Waals surface area contributed by atoms with Crippen LogP contribution in [0.25, 0.3) is 0 Å². The van der Waals surface area contributed by atoms with Crippen LogP contribution in [0, 0.1) is 0 Å². The maximum Gasteiger partial charge on any atom is 0.376 e. The van der Waals surface area contributed by atoms with Crippen LogP contribution in [0.3, 0.4) is 0 Å². The molecule has 5 heteroatoms. The highest BCUT2D eigenvalue weighted by molar-refractivity contribution is 7.58. The average molecular weight is 249 g/mol. The summed E-state index contributed by atoms with van der Waals surface area (Å²) >= 11 is 0. The zero-order chi connectivity index (χ0) is 12.8. The monoisotopic (exact) mass is 249 g/mol. The van der Waals surface area contributed by atoms with E-state index in [4.69, 9.17) is 9.05 Å². The Morgan fingerprint density at radius 1 is 1.25 bits per heavy atom. The van der Waals surface area contributed by atoms with Crippen LogP contribution in [0.15, 0.2) is 11.5 Å². The van der Waals surface area contributed by atoms with Crippen molar-refractivity contribution in [2.45, 2.75) is 47.1 Å². The first kappa shape index (κ1) is 15.7. The van der Waals surface area contributed by atoms with Crippen LogP contribution in [0.4, 0.5) is 0 Å². The number of hydrogen-bond donors (Lipinski definition) is 1. The van der Waals surface area contributed by atoms with Crippen molar-refractivity contribution in [3.05, 3.63) is 11.5 Å². The molecule has 0 rings (SSSR count). The van der Waals surface area contributed by atoms with Crippen molar-refractivity contribution < 1.29 is 13.6 Å². The van der Waals surface area contributed by atoms with E-state index in [2.05, 4.69) is 5.32 Å². The van der Waals surface area contributed by atoms with Crippen molar-refractivity contribution in [1.29, 1.82) is 0 Å². The molecule has 0 spiro atoms. The second-order valence-electron chi connectivity index (χ2n) is 4.38. The number of hydrogen-bond acceptors (Lipinski definition) is 4. The fourth-order valence-electron chi connectivity index (χ4n) is 1.20. The maximum atomic E-state index is 12.4. The maximum absolute atomic E-state index is 12.4. The van der Waals surface area contributed by atoms with Crippen LogP contribution in [0.1, 0.15) is 41.5 Å². The summed E-state index contributed by atoms with van der Waals surface area (Å²) < 4.78 is 23.0. The van der Waals surface area contributed by atoms with Crippen LogP contribution >= 0.6 is 7.60 Å². The van der Waals surface area contributed by atoms with Gasteiger partial charge in [-0.25, -0.2) is 0 Å². The van der Waals surface area contributed by atoms with E-state index in [1.54, 1.807) is 19.9 Å². The Bertz CT molecular complexity index is 271. The van der Waals surface area contributed by atoms with Gasteiger partial charge in [-0.3, -0.25) is 4.57 Å². The van der Waals surface area contributed by atoms with Gasteiger partial charge in [0.05, 0.1) is 13.2 Å². The van der Waals surface area contributed by atoms with Gasteiger partial charge >= 0.3 is 7.60 Å². The molecule has 0 aromatic carbocycles. The summed E-state index contributed by atoms with van der Waals surface area (Å²) in [6, 6.07) is 0. The molecule has 0 aromatic heterocycles. The second-order valence-corrected chi connectivity index (χ2v) is 6.38. The fraction of sp³-hybridized carbons (Fsp3) is 0.818. The first-order chi connectivity index (χ1) is 7.29. The first-order valence-corrected chi connectivity index (χ1v) is 7.17. The molecule has 1 N–H and O–H groups in total. The second kappa shape index (κ2) is 6.43. The van der Waals surface area contributed by atoms with E-state index >= 15 is 0 Å². The quantitative estimate of drug-likeness (QED) is 0.732. The molecule has 96 valence electrons. The van der Waals surface area contributed by atoms with Crippen molar-refractivity contribution in [2.75, 3.05) is 13.2 Å². The zero-order valence-electron chi connectivity index (χ0n) is 11.2. The molecule has 0 saturated carbocycles. The van der Waals surface area contributed by atoms with Gasteiger partial charge in [-0.15, -0.1) is 0 Å². The topological polar surface area (TPSA) is 47.6 Å². The summed E-state index contributed by atoms with van der Waals surface area (Å²) in [5.41, 5.74) is 0.356. The van der Waals surface area contributed by atoms with Crippen LogP contribution < -0.4 is 5.32 Å². The van der Waals surface area contributed by atoms with E-state index in [1.807, 2.05) is 27.7 Å². The molecule has 4 nitrogen and oxygen atoms in total. The van der Waals surface area contributed by atoms with Crippen LogP contribution in [-0.4, -0.2) is 18.8 Å². The Balaban J connectivity index is 4.95. The molecular formula is C11H24NO3P. The van der Waals surface area contributed by atoms with E-state index < -0.39 is 7.60 Å². The van der Waals surface area contributed by atoms with Gasteiger partial charge in [0, 0.05) is 5.54 Å². The predicted molar refractivity (Wildman–Crippen MR) is 67.5 cm³/mol. The standard InChI is InChI=1S/C11H24NO3P/c1-7-10(12-11(4,5)6)16(13,14-8-2)15-9-3/h7,12H,8-9H2,1-6H3. The van der Waals surface area contributed by atoms with Crippen molar-refractivity contribution in [1.82, 2.24) is 5.32 Å². The number of rotatable bonds is 6. The lowest BCUT2D eigenvalue weighted by Crippen LogP contribution is -2.35. The first-order valence-electron chi connectivity index (χ1n) is 5.63. The van der Waals surface area contributed by atoms with Crippen LogP contribution in [0.5, 0.6) is 0 Å². The summed E-state index contributed by atoms with van der Waals surface area (Å²) in [7, 11) is -3.18. The molecule has 0 atom stereocenters. The smallest absolute Gasteiger partial charge is 0.374 e. The van der Waals surface area contributed by atoms with Gasteiger partial charge in [-0.1, -0.05) is 6.08 Å². The molecule has 0 unspecified atom stereocenters. The molecule has 0 saturated heterocycles. The molecule has 0 fully saturated rings. The van der Waals surface area contributed by atoms with Crippen molar-refractivity contribution in [3.8, 4) is 0 Å². The van der Waals surface area contributed by atoms with Gasteiger partial charge < -0.3 is 14.4 Å². The van der Waals surface area contributed by atoms with E-state index in [9.17, 15) is 4.57 Å². The molecule has 16 heavy (non-hydrogen) atoms. The molecule has 0 radical (unpaired) electrons. The average Bonchev–Trinajstić information content (AvgIpc) is 2.13. The Morgan fingerprint density at radius 3 is 1.94 bits per heavy atom. The van der Waals surface area contributed by atoms with Crippen molar-refractivity contribution in [3.63, 3.8) is 0 Å². The lowest BCUT2D eigenvalue weighted by Gasteiger charge is -2.28. The lowest BCUT2D eigenvalue weighted by molar-refractivity contribution is 0.222. The van der Waals surface area contributed by atoms with Gasteiger partial charge in [-0.2, -0.15) is 0 Å². The summed E-state index contributed by atoms with van der Waals surface area (Å²) in [4.78, 5) is 0. The largest absolute Gasteiger partial charge is 0.376 e. The number of allylic oxidation sites excluding steroid dienone is 1. The summed E-state index contributed by atoms with van der Waals surface area (Å²) in [6.45, 7) is 12.1. The van der Waals surface area contributed by atoms with Gasteiger partial charge in [0.15, 0.2) is 0 Å². The third kappa shape index (κ3) is 5.15. The predicted octanol–water partition coefficient (Wildman–Crippen LogP) is 3.50. The highest BCUT2D eigenvalue weighted by Gasteiger charge is 2.31. The minimum Gasteiger partial charge on any atom is -0.374 e. The molecule has 0 aliphatic carbocycles. The fourth-order valence-corrected chi connectivity index (χ4v) is 3.02. The molecule has 0 aliphatic heterocycles. The van der Waals surface area contributed by atoms with Crippen LogP contribution in [-0.2, 0) is 13.6 Å². The molecule has 0 bridgehead atoms.